The van der Waals surface area contributed by atoms with Gasteiger partial charge in [-0.1, -0.05) is 0 Å². The molecule has 0 aliphatic rings. The topological polar surface area (TPSA) is 74.8 Å². The third-order valence-electron chi connectivity index (χ3n) is 1.55. The molecule has 0 atom stereocenters. The summed E-state index contributed by atoms with van der Waals surface area (Å²) in [6.45, 7) is 1.71. The fourth-order valence-corrected chi connectivity index (χ4v) is 0.966. The first-order valence-corrected chi connectivity index (χ1v) is 3.64. The van der Waals surface area contributed by atoms with Gasteiger partial charge < -0.3 is 16.5 Å². The molecule has 0 unspecified atom stereocenters. The zero-order valence-electron chi connectivity index (χ0n) is 7.18. The Morgan fingerprint density at radius 2 is 2.33 bits per heavy atom. The number of anilines is 2. The van der Waals surface area contributed by atoms with Crippen molar-refractivity contribution in [3.05, 3.63) is 17.8 Å². The van der Waals surface area contributed by atoms with E-state index in [1.165, 1.54) is 0 Å². The van der Waals surface area contributed by atoms with Crippen LogP contribution in [-0.2, 0) is 0 Å². The van der Waals surface area contributed by atoms with E-state index in [-0.39, 0.29) is 0 Å². The quantitative estimate of drug-likeness (QED) is 0.573. The van der Waals surface area contributed by atoms with Crippen molar-refractivity contribution in [2.24, 2.45) is 0 Å². The van der Waals surface area contributed by atoms with E-state index in [1.54, 1.807) is 26.2 Å². The largest absolute Gasteiger partial charge is 0.397 e. The summed E-state index contributed by atoms with van der Waals surface area (Å²) < 4.78 is 0. The molecule has 0 spiro atoms. The summed E-state index contributed by atoms with van der Waals surface area (Å²) in [6.07, 6.45) is 1.57. The average Bonchev–Trinajstić information content (AvgIpc) is 2.04. The molecule has 0 aromatic carbocycles. The van der Waals surface area contributed by atoms with Crippen molar-refractivity contribution in [3.8, 4) is 0 Å². The Kier molecular flexibility index (Phi) is 2.28. The molecule has 0 saturated heterocycles. The molecule has 4 N–H and O–H groups in total. The summed E-state index contributed by atoms with van der Waals surface area (Å²) >= 11 is 0. The molecule has 0 fully saturated rings. The van der Waals surface area contributed by atoms with E-state index in [0.717, 1.165) is 5.56 Å². The highest BCUT2D eigenvalue weighted by atomic mass is 15.0. The second-order valence-corrected chi connectivity index (χ2v) is 2.54. The molecule has 0 aliphatic heterocycles. The number of nitrogen functional groups attached to an aromatic ring is 1. The van der Waals surface area contributed by atoms with E-state index in [0.29, 0.717) is 17.2 Å². The second-order valence-electron chi connectivity index (χ2n) is 2.54. The van der Waals surface area contributed by atoms with Gasteiger partial charge in [-0.05, 0) is 13.0 Å². The molecule has 64 valence electrons. The molecule has 0 bridgehead atoms. The van der Waals surface area contributed by atoms with E-state index in [9.17, 15) is 0 Å². The van der Waals surface area contributed by atoms with Crippen LogP contribution in [0.1, 0.15) is 12.5 Å². The zero-order chi connectivity index (χ0) is 9.14. The highest BCUT2D eigenvalue weighted by molar-refractivity contribution is 6.01. The van der Waals surface area contributed by atoms with E-state index < -0.39 is 0 Å². The molecule has 0 saturated carbocycles. The number of nitrogens with zero attached hydrogens (tertiary/aromatic N) is 1. The van der Waals surface area contributed by atoms with Crippen LogP contribution in [0.25, 0.3) is 0 Å². The Morgan fingerprint density at radius 1 is 1.67 bits per heavy atom. The standard InChI is InChI=1S/C8H12N4/c1-5(9)7-3-6(10)4-12-8(7)11-2/h3-4,9H,10H2,1-2H3,(H,11,12). The van der Waals surface area contributed by atoms with Crippen molar-refractivity contribution < 1.29 is 0 Å². The Bertz CT molecular complexity index is 306. The van der Waals surface area contributed by atoms with Gasteiger partial charge in [0.15, 0.2) is 0 Å². The van der Waals surface area contributed by atoms with Crippen molar-refractivity contribution in [2.45, 2.75) is 6.92 Å². The second kappa shape index (κ2) is 3.21. The Hall–Kier alpha value is -1.58. The summed E-state index contributed by atoms with van der Waals surface area (Å²) in [6, 6.07) is 1.74. The first kappa shape index (κ1) is 8.52. The first-order chi connectivity index (χ1) is 5.65. The summed E-state index contributed by atoms with van der Waals surface area (Å²) in [5, 5.41) is 10.3. The molecule has 4 heteroatoms. The van der Waals surface area contributed by atoms with Gasteiger partial charge in [0.1, 0.15) is 5.82 Å². The van der Waals surface area contributed by atoms with Gasteiger partial charge in [0.2, 0.25) is 0 Å². The number of aromatic nitrogens is 1. The first-order valence-electron chi connectivity index (χ1n) is 3.64. The lowest BCUT2D eigenvalue weighted by atomic mass is 10.1. The van der Waals surface area contributed by atoms with Gasteiger partial charge >= 0.3 is 0 Å². The molecule has 1 aromatic rings. The minimum absolute atomic E-state index is 0.458. The Morgan fingerprint density at radius 3 is 2.83 bits per heavy atom. The molecule has 0 aliphatic carbocycles. The van der Waals surface area contributed by atoms with Crippen LogP contribution >= 0.6 is 0 Å². The minimum Gasteiger partial charge on any atom is -0.397 e. The molecular weight excluding hydrogens is 152 g/mol. The maximum absolute atomic E-state index is 7.44. The van der Waals surface area contributed by atoms with Crippen molar-refractivity contribution in [3.63, 3.8) is 0 Å². The summed E-state index contributed by atoms with van der Waals surface area (Å²) in [5.41, 5.74) is 7.32. The third-order valence-corrected chi connectivity index (χ3v) is 1.55. The fraction of sp³-hybridized carbons (Fsp3) is 0.250. The fourth-order valence-electron chi connectivity index (χ4n) is 0.966. The molecule has 12 heavy (non-hydrogen) atoms. The number of nitrogens with one attached hydrogen (secondary N) is 2. The van der Waals surface area contributed by atoms with Gasteiger partial charge in [-0.25, -0.2) is 4.98 Å². The predicted octanol–water partition coefficient (Wildman–Crippen LogP) is 1.09. The lowest BCUT2D eigenvalue weighted by molar-refractivity contribution is 1.27. The number of hydrogen-bond acceptors (Lipinski definition) is 4. The van der Waals surface area contributed by atoms with Crippen molar-refractivity contribution in [2.75, 3.05) is 18.1 Å². The van der Waals surface area contributed by atoms with E-state index in [2.05, 4.69) is 10.3 Å². The van der Waals surface area contributed by atoms with Crippen LogP contribution in [0.5, 0.6) is 0 Å². The van der Waals surface area contributed by atoms with Crippen LogP contribution in [0.2, 0.25) is 0 Å². The van der Waals surface area contributed by atoms with E-state index in [1.807, 2.05) is 0 Å². The number of nitrogens with two attached hydrogens (primary N) is 1. The lowest BCUT2D eigenvalue weighted by Gasteiger charge is -2.06. The van der Waals surface area contributed by atoms with Crippen molar-refractivity contribution in [1.82, 2.24) is 4.98 Å². The summed E-state index contributed by atoms with van der Waals surface area (Å²) in [7, 11) is 1.77. The third kappa shape index (κ3) is 1.53. The van der Waals surface area contributed by atoms with Gasteiger partial charge in [-0.15, -0.1) is 0 Å². The van der Waals surface area contributed by atoms with Gasteiger partial charge in [0.25, 0.3) is 0 Å². The Balaban J connectivity index is 3.21. The smallest absolute Gasteiger partial charge is 0.134 e. The summed E-state index contributed by atoms with van der Waals surface area (Å²) in [5.74, 6) is 0.691. The van der Waals surface area contributed by atoms with Gasteiger partial charge in [-0.3, -0.25) is 0 Å². The van der Waals surface area contributed by atoms with Crippen molar-refractivity contribution >= 4 is 17.2 Å². The van der Waals surface area contributed by atoms with Crippen LogP contribution in [-0.4, -0.2) is 17.7 Å². The van der Waals surface area contributed by atoms with Crippen LogP contribution in [0, 0.1) is 5.41 Å². The number of rotatable bonds is 2. The maximum atomic E-state index is 7.44. The van der Waals surface area contributed by atoms with Crippen LogP contribution in [0.4, 0.5) is 11.5 Å². The zero-order valence-corrected chi connectivity index (χ0v) is 7.18. The van der Waals surface area contributed by atoms with Gasteiger partial charge in [-0.2, -0.15) is 0 Å². The van der Waals surface area contributed by atoms with E-state index in [4.69, 9.17) is 11.1 Å². The number of hydrogen-bond donors (Lipinski definition) is 3. The highest BCUT2D eigenvalue weighted by Crippen LogP contribution is 2.14. The molecule has 1 heterocycles. The molecule has 0 amide bonds. The molecule has 1 rings (SSSR count). The molecule has 0 radical (unpaired) electrons. The monoisotopic (exact) mass is 164 g/mol. The van der Waals surface area contributed by atoms with Gasteiger partial charge in [0.05, 0.1) is 11.9 Å². The summed E-state index contributed by atoms with van der Waals surface area (Å²) in [4.78, 5) is 4.04. The van der Waals surface area contributed by atoms with Crippen LogP contribution < -0.4 is 11.1 Å². The SMILES string of the molecule is CNc1ncc(N)cc1C(C)=N. The predicted molar refractivity (Wildman–Crippen MR) is 50.7 cm³/mol. The molecule has 1 aromatic heterocycles. The van der Waals surface area contributed by atoms with Crippen LogP contribution in [0.3, 0.4) is 0 Å². The minimum atomic E-state index is 0.458. The maximum Gasteiger partial charge on any atom is 0.134 e. The van der Waals surface area contributed by atoms with Gasteiger partial charge in [0, 0.05) is 18.3 Å². The average molecular weight is 164 g/mol. The lowest BCUT2D eigenvalue weighted by Crippen LogP contribution is -2.03. The van der Waals surface area contributed by atoms with E-state index >= 15 is 0 Å². The molecule has 4 nitrogen and oxygen atoms in total. The highest BCUT2D eigenvalue weighted by Gasteiger charge is 2.03. The molecular formula is C8H12N4. The van der Waals surface area contributed by atoms with Crippen molar-refractivity contribution in [1.29, 1.82) is 5.41 Å². The number of pyridine rings is 1. The normalized spacial score (nSPS) is 9.50. The van der Waals surface area contributed by atoms with Crippen LogP contribution in [0.15, 0.2) is 12.3 Å². The Labute approximate surface area is 71.3 Å².